The van der Waals surface area contributed by atoms with Gasteiger partial charge in [-0.1, -0.05) is 176 Å². The van der Waals surface area contributed by atoms with Crippen molar-refractivity contribution in [1.82, 2.24) is 4.57 Å². The molecular weight excluding hydrogens is 701 g/mol. The minimum atomic E-state index is 1.10. The van der Waals surface area contributed by atoms with Crippen molar-refractivity contribution in [3.05, 3.63) is 231 Å². The highest BCUT2D eigenvalue weighted by molar-refractivity contribution is 6.09. The maximum absolute atomic E-state index is 2.41. The Hall–Kier alpha value is -7.68. The first-order valence-electron chi connectivity index (χ1n) is 19.9. The van der Waals surface area contributed by atoms with Gasteiger partial charge >= 0.3 is 0 Å². The number of para-hydroxylation sites is 3. The van der Waals surface area contributed by atoms with Crippen LogP contribution in [0.3, 0.4) is 0 Å². The molecule has 0 N–H and O–H groups in total. The molecule has 0 bridgehead atoms. The Kier molecular flexibility index (Phi) is 8.19. The van der Waals surface area contributed by atoms with Gasteiger partial charge in [0, 0.05) is 33.4 Å². The lowest BCUT2D eigenvalue weighted by Gasteiger charge is -2.26. The van der Waals surface area contributed by atoms with E-state index in [4.69, 9.17) is 0 Å². The third-order valence-corrected chi connectivity index (χ3v) is 11.6. The second-order valence-corrected chi connectivity index (χ2v) is 15.0. The minimum absolute atomic E-state index is 1.10. The standard InChI is InChI=1S/C56H38N2/c1-2-15-44-37-48(36-33-39(44)13-1)57(47-18-11-17-45(38-47)50-23-12-16-42-14-3-4-19-49(42)50)46-34-31-41(32-35-46)40-27-29-43(30-28-40)51-20-5-8-24-54(51)58-55-25-9-6-21-52(55)53-22-7-10-26-56(53)58/h1-38H. The zero-order chi connectivity index (χ0) is 38.4. The highest BCUT2D eigenvalue weighted by Gasteiger charge is 2.17. The van der Waals surface area contributed by atoms with Crippen LogP contribution in [-0.4, -0.2) is 4.57 Å². The number of anilines is 3. The second kappa shape index (κ2) is 14.1. The van der Waals surface area contributed by atoms with Gasteiger partial charge in [-0.3, -0.25) is 0 Å². The highest BCUT2D eigenvalue weighted by Crippen LogP contribution is 2.41. The fourth-order valence-corrected chi connectivity index (χ4v) is 8.79. The Labute approximate surface area is 338 Å². The van der Waals surface area contributed by atoms with Crippen molar-refractivity contribution in [2.45, 2.75) is 0 Å². The van der Waals surface area contributed by atoms with Crippen LogP contribution in [0.5, 0.6) is 0 Å². The lowest BCUT2D eigenvalue weighted by atomic mass is 9.97. The van der Waals surface area contributed by atoms with Crippen LogP contribution in [0.1, 0.15) is 0 Å². The molecule has 1 aromatic heterocycles. The normalized spacial score (nSPS) is 11.4. The van der Waals surface area contributed by atoms with E-state index >= 15 is 0 Å². The van der Waals surface area contributed by atoms with Crippen LogP contribution < -0.4 is 4.90 Å². The molecule has 0 fully saturated rings. The summed E-state index contributed by atoms with van der Waals surface area (Å²) in [5, 5.41) is 7.48. The molecule has 0 aliphatic rings. The molecule has 2 heteroatoms. The summed E-state index contributed by atoms with van der Waals surface area (Å²) >= 11 is 0. The van der Waals surface area contributed by atoms with Crippen LogP contribution in [0.25, 0.3) is 82.4 Å². The summed E-state index contributed by atoms with van der Waals surface area (Å²) in [5.74, 6) is 0. The summed E-state index contributed by atoms with van der Waals surface area (Å²) in [4.78, 5) is 2.37. The predicted molar refractivity (Wildman–Crippen MR) is 247 cm³/mol. The number of nitrogens with zero attached hydrogens (tertiary/aromatic N) is 2. The Balaban J connectivity index is 0.961. The van der Waals surface area contributed by atoms with Crippen LogP contribution in [-0.2, 0) is 0 Å². The molecule has 0 atom stereocenters. The Morgan fingerprint density at radius 1 is 0.276 bits per heavy atom. The Morgan fingerprint density at radius 2 is 0.793 bits per heavy atom. The number of fused-ring (bicyclic) bond motifs is 5. The Bertz CT molecular complexity index is 3220. The quantitative estimate of drug-likeness (QED) is 0.158. The zero-order valence-corrected chi connectivity index (χ0v) is 31.8. The van der Waals surface area contributed by atoms with Gasteiger partial charge in [-0.2, -0.15) is 0 Å². The van der Waals surface area contributed by atoms with Gasteiger partial charge in [-0.25, -0.2) is 0 Å². The molecule has 0 saturated heterocycles. The molecule has 58 heavy (non-hydrogen) atoms. The lowest BCUT2D eigenvalue weighted by molar-refractivity contribution is 1.18. The van der Waals surface area contributed by atoms with E-state index in [9.17, 15) is 0 Å². The van der Waals surface area contributed by atoms with Crippen LogP contribution in [0.15, 0.2) is 231 Å². The monoisotopic (exact) mass is 738 g/mol. The van der Waals surface area contributed by atoms with Gasteiger partial charge in [-0.15, -0.1) is 0 Å². The molecule has 11 rings (SSSR count). The minimum Gasteiger partial charge on any atom is -0.310 e. The molecule has 11 aromatic rings. The van der Waals surface area contributed by atoms with Crippen molar-refractivity contribution in [3.63, 3.8) is 0 Å². The van der Waals surface area contributed by atoms with E-state index in [0.717, 1.165) is 17.1 Å². The summed E-state index contributed by atoms with van der Waals surface area (Å²) in [6.07, 6.45) is 0. The van der Waals surface area contributed by atoms with Crippen LogP contribution in [0.2, 0.25) is 0 Å². The van der Waals surface area contributed by atoms with Crippen molar-refractivity contribution in [2.24, 2.45) is 0 Å². The summed E-state index contributed by atoms with van der Waals surface area (Å²) in [6.45, 7) is 0. The third kappa shape index (κ3) is 5.82. The first-order valence-corrected chi connectivity index (χ1v) is 19.9. The number of hydrogen-bond acceptors (Lipinski definition) is 1. The van der Waals surface area contributed by atoms with Crippen molar-refractivity contribution < 1.29 is 0 Å². The van der Waals surface area contributed by atoms with Crippen molar-refractivity contribution in [2.75, 3.05) is 4.90 Å². The molecule has 10 aromatic carbocycles. The molecule has 0 aliphatic carbocycles. The summed E-state index contributed by atoms with van der Waals surface area (Å²) in [5.41, 5.74) is 14.1. The molecule has 0 spiro atoms. The van der Waals surface area contributed by atoms with Crippen LogP contribution >= 0.6 is 0 Å². The fraction of sp³-hybridized carbons (Fsp3) is 0. The predicted octanol–water partition coefficient (Wildman–Crippen LogP) is 15.6. The van der Waals surface area contributed by atoms with Gasteiger partial charge in [0.1, 0.15) is 0 Å². The van der Waals surface area contributed by atoms with E-state index in [1.54, 1.807) is 0 Å². The fourth-order valence-electron chi connectivity index (χ4n) is 8.79. The van der Waals surface area contributed by atoms with Gasteiger partial charge < -0.3 is 9.47 Å². The van der Waals surface area contributed by atoms with Gasteiger partial charge in [0.25, 0.3) is 0 Å². The number of aromatic nitrogens is 1. The molecule has 0 amide bonds. The number of hydrogen-bond donors (Lipinski definition) is 0. The molecule has 0 aliphatic heterocycles. The molecule has 1 heterocycles. The second-order valence-electron chi connectivity index (χ2n) is 15.0. The third-order valence-electron chi connectivity index (χ3n) is 11.6. The van der Waals surface area contributed by atoms with Crippen LogP contribution in [0, 0.1) is 0 Å². The van der Waals surface area contributed by atoms with Gasteiger partial charge in [0.15, 0.2) is 0 Å². The molecule has 0 radical (unpaired) electrons. The largest absolute Gasteiger partial charge is 0.310 e. The average molecular weight is 739 g/mol. The number of benzene rings is 10. The smallest absolute Gasteiger partial charge is 0.0541 e. The van der Waals surface area contributed by atoms with E-state index in [1.165, 1.54) is 82.4 Å². The van der Waals surface area contributed by atoms with E-state index < -0.39 is 0 Å². The zero-order valence-electron chi connectivity index (χ0n) is 31.8. The Morgan fingerprint density at radius 3 is 1.55 bits per heavy atom. The molecular formula is C56H38N2. The number of rotatable bonds is 7. The lowest BCUT2D eigenvalue weighted by Crippen LogP contribution is -2.10. The van der Waals surface area contributed by atoms with E-state index in [2.05, 4.69) is 240 Å². The first kappa shape index (κ1) is 33.6. The van der Waals surface area contributed by atoms with Gasteiger partial charge in [-0.05, 0) is 104 Å². The first-order chi connectivity index (χ1) is 28.8. The highest BCUT2D eigenvalue weighted by atomic mass is 15.1. The van der Waals surface area contributed by atoms with Crippen molar-refractivity contribution >= 4 is 60.4 Å². The summed E-state index contributed by atoms with van der Waals surface area (Å²) in [6, 6.07) is 83.6. The summed E-state index contributed by atoms with van der Waals surface area (Å²) < 4.78 is 2.41. The molecule has 0 unspecified atom stereocenters. The van der Waals surface area contributed by atoms with E-state index in [1.807, 2.05) is 0 Å². The summed E-state index contributed by atoms with van der Waals surface area (Å²) in [7, 11) is 0. The maximum atomic E-state index is 2.41. The molecule has 272 valence electrons. The SMILES string of the molecule is c1cc(-c2cccc3ccccc23)cc(N(c2ccc(-c3ccc(-c4ccccc4-n4c5ccccc5c5ccccc54)cc3)cc2)c2ccc3ccccc3c2)c1. The van der Waals surface area contributed by atoms with Crippen molar-refractivity contribution in [3.8, 4) is 39.1 Å². The van der Waals surface area contributed by atoms with E-state index in [0.29, 0.717) is 0 Å². The average Bonchev–Trinajstić information content (AvgIpc) is 3.63. The molecule has 0 saturated carbocycles. The topological polar surface area (TPSA) is 8.17 Å². The van der Waals surface area contributed by atoms with E-state index in [-0.39, 0.29) is 0 Å². The van der Waals surface area contributed by atoms with Crippen LogP contribution in [0.4, 0.5) is 17.1 Å². The van der Waals surface area contributed by atoms with Gasteiger partial charge in [0.2, 0.25) is 0 Å². The molecule has 2 nitrogen and oxygen atoms in total. The maximum Gasteiger partial charge on any atom is 0.0541 e. The van der Waals surface area contributed by atoms with Crippen molar-refractivity contribution in [1.29, 1.82) is 0 Å². The van der Waals surface area contributed by atoms with Gasteiger partial charge in [0.05, 0.1) is 16.7 Å².